The van der Waals surface area contributed by atoms with Gasteiger partial charge in [0.15, 0.2) is 0 Å². The molecule has 2 atom stereocenters. The number of carboxylic acid groups (broad SMARTS) is 1. The minimum absolute atomic E-state index is 0.00124. The van der Waals surface area contributed by atoms with Crippen molar-refractivity contribution in [2.24, 2.45) is 0 Å². The number of amides is 1. The van der Waals surface area contributed by atoms with Gasteiger partial charge in [-0.15, -0.1) is 0 Å². The number of ether oxygens (including phenoxy) is 3. The number of aliphatic carboxylic acids is 1. The summed E-state index contributed by atoms with van der Waals surface area (Å²) in [6.07, 6.45) is -4.48. The van der Waals surface area contributed by atoms with Crippen molar-refractivity contribution in [3.63, 3.8) is 0 Å². The van der Waals surface area contributed by atoms with E-state index in [0.29, 0.717) is 11.1 Å². The van der Waals surface area contributed by atoms with Gasteiger partial charge >= 0.3 is 17.9 Å². The number of nitro benzene ring substituents is 1. The SMILES string of the molecule is COc1ccc([N+](=O)[O-])cc1NC(=O)[C@H](OC(=O)c1cccc(C)c1)[C@H](OC(=O)c1cccc(C)c1)C(=O)O. The fourth-order valence-corrected chi connectivity index (χ4v) is 3.52. The highest BCUT2D eigenvalue weighted by molar-refractivity contribution is 6.02. The first-order valence-corrected chi connectivity index (χ1v) is 11.4. The first-order valence-electron chi connectivity index (χ1n) is 11.4. The molecule has 3 aromatic carbocycles. The highest BCUT2D eigenvalue weighted by atomic mass is 16.6. The van der Waals surface area contributed by atoms with Gasteiger partial charge in [0.2, 0.25) is 12.2 Å². The Labute approximate surface area is 222 Å². The molecular weight excluding hydrogens is 512 g/mol. The van der Waals surface area contributed by atoms with E-state index in [0.717, 1.165) is 12.1 Å². The van der Waals surface area contributed by atoms with Crippen LogP contribution in [0.4, 0.5) is 11.4 Å². The van der Waals surface area contributed by atoms with E-state index in [4.69, 9.17) is 14.2 Å². The number of anilines is 1. The smallest absolute Gasteiger partial charge is 0.349 e. The summed E-state index contributed by atoms with van der Waals surface area (Å²) in [4.78, 5) is 61.7. The number of benzene rings is 3. The van der Waals surface area contributed by atoms with E-state index in [1.807, 2.05) is 0 Å². The highest BCUT2D eigenvalue weighted by Gasteiger charge is 2.41. The van der Waals surface area contributed by atoms with Crippen molar-refractivity contribution in [1.82, 2.24) is 0 Å². The first kappa shape index (κ1) is 28.3. The van der Waals surface area contributed by atoms with Crippen molar-refractivity contribution in [3.05, 3.63) is 99.1 Å². The third kappa shape index (κ3) is 7.16. The predicted octanol–water partition coefficient (Wildman–Crippen LogP) is 3.69. The molecule has 0 heterocycles. The van der Waals surface area contributed by atoms with Gasteiger partial charge in [0.05, 0.1) is 28.8 Å². The van der Waals surface area contributed by atoms with E-state index < -0.39 is 46.6 Å². The Morgan fingerprint density at radius 3 is 1.85 bits per heavy atom. The molecule has 1 amide bonds. The molecule has 0 radical (unpaired) electrons. The minimum Gasteiger partial charge on any atom is -0.495 e. The van der Waals surface area contributed by atoms with E-state index in [2.05, 4.69) is 5.32 Å². The van der Waals surface area contributed by atoms with Gasteiger partial charge in [-0.05, 0) is 44.2 Å². The van der Waals surface area contributed by atoms with Crippen LogP contribution >= 0.6 is 0 Å². The quantitative estimate of drug-likeness (QED) is 0.221. The Bertz CT molecular complexity index is 1440. The zero-order valence-corrected chi connectivity index (χ0v) is 21.1. The third-order valence-electron chi connectivity index (χ3n) is 5.40. The number of rotatable bonds is 10. The standard InChI is InChI=1S/C27H24N2O10/c1-15-6-4-8-17(12-15)26(33)38-22(23(25(31)32)39-27(34)18-9-5-7-16(2)13-18)24(30)28-20-14-19(29(35)36)10-11-21(20)37-3/h4-14,22-23H,1-3H3,(H,28,30)(H,31,32)/t22-,23+/m1/s1. The summed E-state index contributed by atoms with van der Waals surface area (Å²) in [6.45, 7) is 3.41. The molecule has 39 heavy (non-hydrogen) atoms. The van der Waals surface area contributed by atoms with Gasteiger partial charge in [-0.3, -0.25) is 14.9 Å². The van der Waals surface area contributed by atoms with Crippen molar-refractivity contribution >= 4 is 35.2 Å². The van der Waals surface area contributed by atoms with E-state index in [9.17, 15) is 34.4 Å². The summed E-state index contributed by atoms with van der Waals surface area (Å²) in [7, 11) is 1.25. The summed E-state index contributed by atoms with van der Waals surface area (Å²) in [5.41, 5.74) is 0.782. The maximum atomic E-state index is 13.3. The molecule has 202 valence electrons. The monoisotopic (exact) mass is 536 g/mol. The fraction of sp³-hybridized carbons (Fsp3) is 0.185. The van der Waals surface area contributed by atoms with Crippen molar-refractivity contribution in [3.8, 4) is 5.75 Å². The van der Waals surface area contributed by atoms with Crippen LogP contribution in [0.2, 0.25) is 0 Å². The molecule has 12 nitrogen and oxygen atoms in total. The Balaban J connectivity index is 2.00. The summed E-state index contributed by atoms with van der Waals surface area (Å²) >= 11 is 0. The number of carbonyl (C=O) groups excluding carboxylic acids is 3. The number of carbonyl (C=O) groups is 4. The molecule has 0 fully saturated rings. The number of esters is 2. The van der Waals surface area contributed by atoms with Crippen LogP contribution in [0.15, 0.2) is 66.7 Å². The number of non-ortho nitro benzene ring substituents is 1. The lowest BCUT2D eigenvalue weighted by Gasteiger charge is -2.24. The first-order chi connectivity index (χ1) is 18.5. The summed E-state index contributed by atoms with van der Waals surface area (Å²) in [5, 5.41) is 23.4. The van der Waals surface area contributed by atoms with Crippen LogP contribution in [0, 0.1) is 24.0 Å². The second kappa shape index (κ2) is 12.3. The molecule has 12 heteroatoms. The van der Waals surface area contributed by atoms with Crippen LogP contribution in [-0.2, 0) is 19.1 Å². The van der Waals surface area contributed by atoms with Gasteiger partial charge < -0.3 is 24.6 Å². The van der Waals surface area contributed by atoms with Gasteiger partial charge in [-0.25, -0.2) is 14.4 Å². The van der Waals surface area contributed by atoms with Crippen LogP contribution in [-0.4, -0.2) is 53.2 Å². The fourth-order valence-electron chi connectivity index (χ4n) is 3.52. The molecule has 2 N–H and O–H groups in total. The summed E-state index contributed by atoms with van der Waals surface area (Å²) in [5.74, 6) is -5.16. The third-order valence-corrected chi connectivity index (χ3v) is 5.40. The zero-order chi connectivity index (χ0) is 28.7. The van der Waals surface area contributed by atoms with Gasteiger partial charge in [-0.1, -0.05) is 35.4 Å². The number of aryl methyl sites for hydroxylation is 2. The Hall–Kier alpha value is -5.26. The zero-order valence-electron chi connectivity index (χ0n) is 21.1. The molecule has 0 unspecified atom stereocenters. The molecule has 0 saturated heterocycles. The molecule has 3 rings (SSSR count). The lowest BCUT2D eigenvalue weighted by molar-refractivity contribution is -0.384. The van der Waals surface area contributed by atoms with Crippen molar-refractivity contribution in [2.75, 3.05) is 12.4 Å². The molecule has 0 aliphatic rings. The summed E-state index contributed by atoms with van der Waals surface area (Å²) < 4.78 is 15.5. The molecule has 0 aliphatic carbocycles. The molecule has 3 aromatic rings. The van der Waals surface area contributed by atoms with Gasteiger partial charge in [0.1, 0.15) is 5.75 Å². The molecule has 0 aromatic heterocycles. The van der Waals surface area contributed by atoms with Crippen LogP contribution in [0.5, 0.6) is 5.75 Å². The second-order valence-electron chi connectivity index (χ2n) is 8.36. The molecular formula is C27H24N2O10. The van der Waals surface area contributed by atoms with Crippen LogP contribution < -0.4 is 10.1 Å². The molecule has 0 saturated carbocycles. The van der Waals surface area contributed by atoms with Crippen molar-refractivity contribution in [2.45, 2.75) is 26.1 Å². The van der Waals surface area contributed by atoms with Crippen molar-refractivity contribution in [1.29, 1.82) is 0 Å². The van der Waals surface area contributed by atoms with Crippen molar-refractivity contribution < 1.29 is 43.4 Å². The number of nitrogens with zero attached hydrogens (tertiary/aromatic N) is 1. The topological polar surface area (TPSA) is 171 Å². The maximum Gasteiger partial charge on any atom is 0.349 e. The molecule has 0 spiro atoms. The van der Waals surface area contributed by atoms with E-state index >= 15 is 0 Å². The average Bonchev–Trinajstić information content (AvgIpc) is 2.90. The molecule has 0 aliphatic heterocycles. The Morgan fingerprint density at radius 2 is 1.38 bits per heavy atom. The van der Waals surface area contributed by atoms with E-state index in [1.54, 1.807) is 38.1 Å². The summed E-state index contributed by atoms with van der Waals surface area (Å²) in [6, 6.07) is 15.5. The largest absolute Gasteiger partial charge is 0.495 e. The number of methoxy groups -OCH3 is 1. The number of hydrogen-bond donors (Lipinski definition) is 2. The lowest BCUT2D eigenvalue weighted by atomic mass is 10.1. The Morgan fingerprint density at radius 1 is 0.846 bits per heavy atom. The Kier molecular flexibility index (Phi) is 8.94. The number of carboxylic acids is 1. The number of nitro groups is 1. The van der Waals surface area contributed by atoms with E-state index in [1.165, 1.54) is 37.4 Å². The lowest BCUT2D eigenvalue weighted by Crippen LogP contribution is -2.48. The highest BCUT2D eigenvalue weighted by Crippen LogP contribution is 2.29. The number of hydrogen-bond acceptors (Lipinski definition) is 9. The molecule has 0 bridgehead atoms. The predicted molar refractivity (Wildman–Crippen MR) is 137 cm³/mol. The van der Waals surface area contributed by atoms with Crippen LogP contribution in [0.3, 0.4) is 0 Å². The second-order valence-corrected chi connectivity index (χ2v) is 8.36. The van der Waals surface area contributed by atoms with Gasteiger partial charge in [0.25, 0.3) is 11.6 Å². The van der Waals surface area contributed by atoms with Gasteiger partial charge in [0, 0.05) is 12.1 Å². The van der Waals surface area contributed by atoms with E-state index in [-0.39, 0.29) is 22.6 Å². The van der Waals surface area contributed by atoms with Crippen LogP contribution in [0.1, 0.15) is 31.8 Å². The number of nitrogens with one attached hydrogen (secondary N) is 1. The normalized spacial score (nSPS) is 12.0. The van der Waals surface area contributed by atoms with Crippen LogP contribution in [0.25, 0.3) is 0 Å². The average molecular weight is 536 g/mol. The minimum atomic E-state index is -2.28. The van der Waals surface area contributed by atoms with Gasteiger partial charge in [-0.2, -0.15) is 0 Å². The maximum absolute atomic E-state index is 13.3.